The first-order chi connectivity index (χ1) is 22.2. The lowest BCUT2D eigenvalue weighted by Crippen LogP contribution is -2.36. The number of nitro benzene ring substituents is 1. The van der Waals surface area contributed by atoms with Crippen molar-refractivity contribution in [2.75, 3.05) is 19.0 Å². The number of ether oxygens (including phenoxy) is 1. The van der Waals surface area contributed by atoms with E-state index in [2.05, 4.69) is 5.32 Å². The number of methoxy groups -OCH3 is 1. The number of hydrogen-bond acceptors (Lipinski definition) is 8. The summed E-state index contributed by atoms with van der Waals surface area (Å²) in [7, 11) is 1.23. The molecule has 242 valence electrons. The predicted octanol–water partition coefficient (Wildman–Crippen LogP) is 7.86. The number of alkyl halides is 3. The van der Waals surface area contributed by atoms with Gasteiger partial charge in [0.05, 0.1) is 28.2 Å². The van der Waals surface area contributed by atoms with Crippen molar-refractivity contribution in [1.29, 1.82) is 0 Å². The molecule has 5 rings (SSSR count). The highest BCUT2D eigenvalue weighted by Crippen LogP contribution is 2.37. The molecule has 10 nitrogen and oxygen atoms in total. The lowest BCUT2D eigenvalue weighted by atomic mass is 10.1. The highest BCUT2D eigenvalue weighted by Gasteiger charge is 2.37. The lowest BCUT2D eigenvalue weighted by Gasteiger charge is -2.16. The number of anilines is 1. The number of thioether (sulfide) groups is 1. The van der Waals surface area contributed by atoms with Gasteiger partial charge in [0.2, 0.25) is 5.91 Å². The number of imide groups is 1. The molecular weight excluding hydrogens is 658 g/mol. The minimum absolute atomic E-state index is 0.0179. The Kier molecular flexibility index (Phi) is 9.49. The van der Waals surface area contributed by atoms with Gasteiger partial charge in [0, 0.05) is 39.0 Å². The Morgan fingerprint density at radius 1 is 1.02 bits per heavy atom. The van der Waals surface area contributed by atoms with E-state index >= 15 is 0 Å². The topological polar surface area (TPSA) is 124 Å². The summed E-state index contributed by atoms with van der Waals surface area (Å²) in [5.74, 6) is -1.60. The van der Waals surface area contributed by atoms with E-state index in [1.807, 2.05) is 48.7 Å². The number of nitrogens with zero attached hydrogens (tertiary/aromatic N) is 3. The second-order valence-electron chi connectivity index (χ2n) is 10.2. The van der Waals surface area contributed by atoms with E-state index in [1.165, 1.54) is 31.0 Å². The Morgan fingerprint density at radius 2 is 1.66 bits per heavy atom. The van der Waals surface area contributed by atoms with E-state index in [0.29, 0.717) is 23.4 Å². The molecule has 1 fully saturated rings. The van der Waals surface area contributed by atoms with E-state index < -0.39 is 40.3 Å². The number of aryl methyl sites for hydroxylation is 1. The van der Waals surface area contributed by atoms with Gasteiger partial charge in [-0.05, 0) is 97.9 Å². The van der Waals surface area contributed by atoms with E-state index in [0.717, 1.165) is 43.9 Å². The summed E-state index contributed by atoms with van der Waals surface area (Å²) in [5, 5.41) is 12.5. The third-order valence-corrected chi connectivity index (χ3v) is 9.03. The van der Waals surface area contributed by atoms with E-state index in [9.17, 15) is 37.7 Å². The Balaban J connectivity index is 1.29. The van der Waals surface area contributed by atoms with Crippen LogP contribution in [0.4, 0.5) is 29.3 Å². The molecule has 3 aromatic carbocycles. The molecule has 1 aromatic heterocycles. The van der Waals surface area contributed by atoms with Crippen molar-refractivity contribution in [2.45, 2.75) is 29.8 Å². The minimum Gasteiger partial charge on any atom is -0.495 e. The number of halogens is 3. The summed E-state index contributed by atoms with van der Waals surface area (Å²) in [5.41, 5.74) is 1.94. The number of non-ortho nitro benzene ring substituents is 1. The van der Waals surface area contributed by atoms with Gasteiger partial charge in [-0.25, -0.2) is 0 Å². The number of amides is 3. The van der Waals surface area contributed by atoms with Crippen LogP contribution in [-0.2, 0) is 15.8 Å². The second kappa shape index (κ2) is 13.4. The maximum Gasteiger partial charge on any atom is 0.416 e. The molecule has 1 aliphatic heterocycles. The first-order valence-corrected chi connectivity index (χ1v) is 15.4. The highest BCUT2D eigenvalue weighted by atomic mass is 32.2. The molecule has 15 heteroatoms. The van der Waals surface area contributed by atoms with E-state index in [1.54, 1.807) is 18.2 Å². The Morgan fingerprint density at radius 3 is 2.26 bits per heavy atom. The summed E-state index contributed by atoms with van der Waals surface area (Å²) >= 11 is 2.12. The fraction of sp³-hybridized carbons (Fsp3) is 0.156. The van der Waals surface area contributed by atoms with Gasteiger partial charge in [-0.1, -0.05) is 11.8 Å². The molecule has 1 N–H and O–H groups in total. The van der Waals surface area contributed by atoms with Crippen LogP contribution < -0.4 is 10.1 Å². The molecular formula is C32H25F3N4O6S2. The van der Waals surface area contributed by atoms with Crippen LogP contribution in [0.5, 0.6) is 5.75 Å². The van der Waals surface area contributed by atoms with Gasteiger partial charge >= 0.3 is 6.18 Å². The smallest absolute Gasteiger partial charge is 0.416 e. The number of carbonyl (C=O) groups excluding carboxylic acids is 3. The molecule has 0 atom stereocenters. The third kappa shape index (κ3) is 7.36. The number of rotatable bonds is 9. The van der Waals surface area contributed by atoms with Crippen LogP contribution in [0, 0.1) is 24.0 Å². The first kappa shape index (κ1) is 33.3. The van der Waals surface area contributed by atoms with Crippen LogP contribution in [0.25, 0.3) is 11.8 Å². The van der Waals surface area contributed by atoms with Gasteiger partial charge in [-0.2, -0.15) is 13.2 Å². The molecule has 2 heterocycles. The van der Waals surface area contributed by atoms with Crippen molar-refractivity contribution < 1.29 is 37.2 Å². The Hall–Kier alpha value is -5.02. The zero-order chi connectivity index (χ0) is 34.0. The summed E-state index contributed by atoms with van der Waals surface area (Å²) in [6.07, 6.45) is -3.09. The van der Waals surface area contributed by atoms with Gasteiger partial charge in [0.25, 0.3) is 16.8 Å². The van der Waals surface area contributed by atoms with Crippen molar-refractivity contribution in [2.24, 2.45) is 0 Å². The quantitative estimate of drug-likeness (QED) is 0.108. The van der Waals surface area contributed by atoms with Crippen LogP contribution in [0.3, 0.4) is 0 Å². The van der Waals surface area contributed by atoms with E-state index in [-0.39, 0.29) is 22.0 Å². The number of nitro groups is 1. The molecule has 0 radical (unpaired) electrons. The molecule has 0 aliphatic carbocycles. The second-order valence-corrected chi connectivity index (χ2v) is 12.4. The predicted molar refractivity (Wildman–Crippen MR) is 172 cm³/mol. The van der Waals surface area contributed by atoms with Gasteiger partial charge in [-0.15, -0.1) is 0 Å². The molecule has 47 heavy (non-hydrogen) atoms. The molecule has 0 spiro atoms. The van der Waals surface area contributed by atoms with Gasteiger partial charge < -0.3 is 14.6 Å². The lowest BCUT2D eigenvalue weighted by molar-refractivity contribution is -0.384. The third-order valence-electron chi connectivity index (χ3n) is 7.11. The molecule has 1 aliphatic rings. The number of aromatic nitrogens is 1. The van der Waals surface area contributed by atoms with Crippen LogP contribution >= 0.6 is 23.5 Å². The number of nitrogens with one attached hydrogen (secondary N) is 1. The van der Waals surface area contributed by atoms with Crippen molar-refractivity contribution >= 4 is 58.0 Å². The fourth-order valence-corrected chi connectivity index (χ4v) is 6.50. The van der Waals surface area contributed by atoms with Gasteiger partial charge in [0.1, 0.15) is 12.3 Å². The molecule has 3 amide bonds. The van der Waals surface area contributed by atoms with Gasteiger partial charge in [-0.3, -0.25) is 29.4 Å². The van der Waals surface area contributed by atoms with Crippen LogP contribution in [0.15, 0.2) is 87.5 Å². The molecule has 4 aromatic rings. The zero-order valence-electron chi connectivity index (χ0n) is 25.0. The SMILES string of the molecule is COc1ccc(C(F)(F)F)cc1NC(=O)CN1C(=O)S/C(=C\c2cc(C)n(-c3ccc(Sc4ccc([N+](=O)[O-])cc4)cc3)c2C)C1=O. The van der Waals surface area contributed by atoms with Gasteiger partial charge in [0.15, 0.2) is 0 Å². The Labute approximate surface area is 274 Å². The fourth-order valence-electron chi connectivity index (χ4n) is 4.86. The molecule has 0 unspecified atom stereocenters. The number of carbonyl (C=O) groups is 3. The summed E-state index contributed by atoms with van der Waals surface area (Å²) in [6.45, 7) is 3.05. The van der Waals surface area contributed by atoms with Crippen LogP contribution in [-0.4, -0.2) is 45.1 Å². The van der Waals surface area contributed by atoms with Crippen LogP contribution in [0.2, 0.25) is 0 Å². The van der Waals surface area contributed by atoms with Crippen molar-refractivity contribution in [3.63, 3.8) is 0 Å². The molecule has 1 saturated heterocycles. The largest absolute Gasteiger partial charge is 0.495 e. The summed E-state index contributed by atoms with van der Waals surface area (Å²) in [4.78, 5) is 51.6. The summed E-state index contributed by atoms with van der Waals surface area (Å²) < 4.78 is 46.6. The zero-order valence-corrected chi connectivity index (χ0v) is 26.6. The first-order valence-electron chi connectivity index (χ1n) is 13.8. The Bertz CT molecular complexity index is 1920. The maximum atomic E-state index is 13.2. The number of hydrogen-bond donors (Lipinski definition) is 1. The van der Waals surface area contributed by atoms with Crippen LogP contribution in [0.1, 0.15) is 22.5 Å². The summed E-state index contributed by atoms with van der Waals surface area (Å²) in [6, 6.07) is 18.4. The average Bonchev–Trinajstić information content (AvgIpc) is 3.45. The van der Waals surface area contributed by atoms with Crippen molar-refractivity contribution in [3.05, 3.63) is 110 Å². The van der Waals surface area contributed by atoms with Crippen molar-refractivity contribution in [1.82, 2.24) is 9.47 Å². The average molecular weight is 683 g/mol. The molecule has 0 saturated carbocycles. The monoisotopic (exact) mass is 682 g/mol. The minimum atomic E-state index is -4.65. The highest BCUT2D eigenvalue weighted by molar-refractivity contribution is 8.18. The standard InChI is InChI=1S/C32H25F3N4O6S2/c1-18-14-20(19(2)38(18)22-5-9-24(10-6-22)46-25-11-7-23(8-12-25)39(43)44)15-28-30(41)37(31(42)47-28)17-29(40)36-26-16-21(32(33,34)35)4-13-27(26)45-3/h4-16H,17H2,1-3H3,(H,36,40)/b28-15-. The number of benzene rings is 3. The van der Waals surface area contributed by atoms with Crippen molar-refractivity contribution in [3.8, 4) is 11.4 Å². The maximum absolute atomic E-state index is 13.2. The normalized spacial score (nSPS) is 14.2. The van der Waals surface area contributed by atoms with E-state index in [4.69, 9.17) is 4.74 Å². The molecule has 0 bridgehead atoms.